The van der Waals surface area contributed by atoms with E-state index >= 15 is 0 Å². The Morgan fingerprint density at radius 2 is 2.00 bits per heavy atom. The minimum absolute atomic E-state index is 0. The number of benzene rings is 1. The fourth-order valence-electron chi connectivity index (χ4n) is 2.45. The summed E-state index contributed by atoms with van der Waals surface area (Å²) in [5.74, 6) is 0.847. The second kappa shape index (κ2) is 11.2. The van der Waals surface area contributed by atoms with Gasteiger partial charge in [-0.3, -0.25) is 6.08 Å². The predicted octanol–water partition coefficient (Wildman–Crippen LogP) is 5.21. The molecule has 2 N–H and O–H groups in total. The number of alkyl halides is 2. The average Bonchev–Trinajstić information content (AvgIpc) is 2.83. The van der Waals surface area contributed by atoms with Gasteiger partial charge in [0.15, 0.2) is 4.99 Å². The second-order valence-electron chi connectivity index (χ2n) is 5.48. The number of hydrogen-bond donors (Lipinski definition) is 2. The van der Waals surface area contributed by atoms with E-state index in [0.29, 0.717) is 5.75 Å². The van der Waals surface area contributed by atoms with E-state index in [-0.39, 0.29) is 44.3 Å². The molecule has 26 heavy (non-hydrogen) atoms. The van der Waals surface area contributed by atoms with Crippen LogP contribution in [0.3, 0.4) is 0 Å². The quantitative estimate of drug-likeness (QED) is 0.330. The van der Waals surface area contributed by atoms with Gasteiger partial charge >= 0.3 is 37.7 Å². The van der Waals surface area contributed by atoms with Crippen LogP contribution in [0.4, 0.5) is 20.2 Å². The summed E-state index contributed by atoms with van der Waals surface area (Å²) in [4.78, 5) is 3.88. The van der Waals surface area contributed by atoms with Crippen molar-refractivity contribution >= 4 is 28.8 Å². The van der Waals surface area contributed by atoms with Gasteiger partial charge in [-0.05, 0) is 24.8 Å². The van der Waals surface area contributed by atoms with E-state index in [1.807, 2.05) is 20.8 Å². The molecule has 2 rings (SSSR count). The summed E-state index contributed by atoms with van der Waals surface area (Å²) in [5, 5.41) is 6.68. The van der Waals surface area contributed by atoms with E-state index in [0.717, 1.165) is 29.1 Å². The maximum absolute atomic E-state index is 12.3. The Balaban J connectivity index is 0.00000312. The van der Waals surface area contributed by atoms with Gasteiger partial charge in [0.2, 0.25) is 0 Å². The summed E-state index contributed by atoms with van der Waals surface area (Å²) < 4.78 is 29.1. The maximum Gasteiger partial charge on any atom is 2.00 e. The van der Waals surface area contributed by atoms with Gasteiger partial charge in [-0.15, -0.1) is 23.9 Å². The fourth-order valence-corrected chi connectivity index (χ4v) is 3.58. The minimum Gasteiger partial charge on any atom is -0.435 e. The third-order valence-electron chi connectivity index (χ3n) is 3.60. The summed E-state index contributed by atoms with van der Waals surface area (Å²) in [6.07, 6.45) is 4.12. The summed E-state index contributed by atoms with van der Waals surface area (Å²) in [6, 6.07) is 4.83. The Kier molecular flexibility index (Phi) is 10.9. The molecule has 0 saturated heterocycles. The molecular formula is C18H25F2N3OSU. The predicted molar refractivity (Wildman–Crippen MR) is 104 cm³/mol. The summed E-state index contributed by atoms with van der Waals surface area (Å²) >= 11 is 1.65. The first kappa shape index (κ1) is 25.3. The topological polar surface area (TPSA) is 45.6 Å². The van der Waals surface area contributed by atoms with E-state index < -0.39 is 11.6 Å². The molecule has 0 saturated carbocycles. The van der Waals surface area contributed by atoms with Crippen LogP contribution in [-0.2, 0) is 0 Å². The number of allylic oxidation sites excluding steroid dienone is 2. The van der Waals surface area contributed by atoms with Gasteiger partial charge in [0.05, 0.1) is 11.4 Å². The average molecular weight is 608 g/mol. The monoisotopic (exact) mass is 607 g/mol. The van der Waals surface area contributed by atoms with Crippen LogP contribution < -0.4 is 15.4 Å². The first-order chi connectivity index (χ1) is 11.4. The molecule has 1 aliphatic rings. The molecule has 0 fully saturated rings. The number of rotatable bonds is 7. The Morgan fingerprint density at radius 3 is 2.58 bits per heavy atom. The molecule has 1 heterocycles. The largest absolute Gasteiger partial charge is 2.00 e. The van der Waals surface area contributed by atoms with Crippen LogP contribution in [0.2, 0.25) is 0 Å². The van der Waals surface area contributed by atoms with Gasteiger partial charge in [-0.1, -0.05) is 13.8 Å². The summed E-state index contributed by atoms with van der Waals surface area (Å²) in [5.41, 5.74) is 3.64. The van der Waals surface area contributed by atoms with E-state index in [2.05, 4.69) is 26.4 Å². The van der Waals surface area contributed by atoms with Crippen LogP contribution in [0.15, 0.2) is 28.8 Å². The molecule has 1 aromatic rings. The van der Waals surface area contributed by atoms with Gasteiger partial charge in [0.1, 0.15) is 5.75 Å². The van der Waals surface area contributed by atoms with E-state index in [1.165, 1.54) is 6.07 Å². The molecule has 1 aliphatic heterocycles. The molecule has 0 aromatic heterocycles. The summed E-state index contributed by atoms with van der Waals surface area (Å²) in [7, 11) is 1.78. The van der Waals surface area contributed by atoms with Crippen LogP contribution in [0, 0.1) is 44.6 Å². The Morgan fingerprint density at radius 1 is 1.35 bits per heavy atom. The van der Waals surface area contributed by atoms with Crippen molar-refractivity contribution in [3.8, 4) is 5.75 Å². The number of hydrogen-bond acceptors (Lipinski definition) is 5. The van der Waals surface area contributed by atoms with E-state index in [1.54, 1.807) is 30.9 Å². The number of anilines is 2. The van der Waals surface area contributed by atoms with Crippen LogP contribution in [-0.4, -0.2) is 30.1 Å². The van der Waals surface area contributed by atoms with E-state index in [9.17, 15) is 8.78 Å². The zero-order valence-electron chi connectivity index (χ0n) is 15.7. The molecule has 0 amide bonds. The van der Waals surface area contributed by atoms with Crippen molar-refractivity contribution in [2.75, 3.05) is 23.4 Å². The number of fused-ring (bicyclic) bond motifs is 1. The van der Waals surface area contributed by atoms with Gasteiger partial charge in [0, 0.05) is 13.1 Å². The molecule has 0 radical (unpaired) electrons. The molecule has 1 aromatic carbocycles. The molecule has 142 valence electrons. The van der Waals surface area contributed by atoms with Gasteiger partial charge in [-0.25, -0.2) is 5.57 Å². The van der Waals surface area contributed by atoms with Crippen molar-refractivity contribution in [2.24, 2.45) is 4.99 Å². The maximum atomic E-state index is 12.3. The van der Waals surface area contributed by atoms with Gasteiger partial charge in [0.25, 0.3) is 0 Å². The smallest absolute Gasteiger partial charge is 0.435 e. The zero-order chi connectivity index (χ0) is 17.7. The number of nitrogens with one attached hydrogen (secondary N) is 2. The van der Waals surface area contributed by atoms with Crippen molar-refractivity contribution < 1.29 is 44.6 Å². The fraction of sp³-hybridized carbons (Fsp3) is 0.444. The van der Waals surface area contributed by atoms with Crippen LogP contribution in [0.25, 0.3) is 0 Å². The normalized spacial score (nSPS) is 19.0. The molecule has 0 spiro atoms. The SMILES string of the molecule is CC[C-]=C(C)C(CSC1(C)Nc2ccc(OC(F)F)cc2N1)=NC.[CH3-].[U+2]. The van der Waals surface area contributed by atoms with Crippen molar-refractivity contribution in [3.05, 3.63) is 37.3 Å². The molecule has 0 aliphatic carbocycles. The number of halogens is 2. The molecule has 8 heteroatoms. The minimum atomic E-state index is -2.83. The van der Waals surface area contributed by atoms with Crippen LogP contribution in [0.5, 0.6) is 5.75 Å². The number of aliphatic imine (C=N–C) groups is 1. The molecule has 1 unspecified atom stereocenters. The molecule has 0 bridgehead atoms. The second-order valence-corrected chi connectivity index (χ2v) is 6.88. The Bertz CT molecular complexity index is 655. The number of ether oxygens (including phenoxy) is 1. The number of nitrogens with zero attached hydrogens (tertiary/aromatic N) is 1. The molecular weight excluding hydrogens is 582 g/mol. The van der Waals surface area contributed by atoms with Crippen molar-refractivity contribution in [1.29, 1.82) is 0 Å². The van der Waals surface area contributed by atoms with Crippen molar-refractivity contribution in [1.82, 2.24) is 0 Å². The zero-order valence-corrected chi connectivity index (χ0v) is 20.7. The third-order valence-corrected chi connectivity index (χ3v) is 4.80. The standard InChI is InChI=1S/C17H22F2N3OS.CH3.U/c1-5-6-11(2)15(20-4)10-24-17(3)21-13-8-7-12(23-16(18)19)9-14(13)22-17;;/h7-9,16,21-22H,5,10H2,1-4H3;1H3;/q2*-1;+2. The van der Waals surface area contributed by atoms with Crippen LogP contribution >= 0.6 is 11.8 Å². The first-order valence-corrected chi connectivity index (χ1v) is 8.68. The first-order valence-electron chi connectivity index (χ1n) is 7.69. The van der Waals surface area contributed by atoms with Crippen molar-refractivity contribution in [2.45, 2.75) is 38.8 Å². The van der Waals surface area contributed by atoms with Gasteiger partial charge < -0.3 is 27.8 Å². The molecule has 1 atom stereocenters. The summed E-state index contributed by atoms with van der Waals surface area (Å²) in [6.45, 7) is 3.22. The molecule has 4 nitrogen and oxygen atoms in total. The third kappa shape index (κ3) is 6.79. The number of thioether (sulfide) groups is 1. The van der Waals surface area contributed by atoms with Crippen molar-refractivity contribution in [3.63, 3.8) is 0 Å². The Labute approximate surface area is 183 Å². The van der Waals surface area contributed by atoms with Gasteiger partial charge in [-0.2, -0.15) is 8.78 Å². The van der Waals surface area contributed by atoms with E-state index in [4.69, 9.17) is 0 Å². The van der Waals surface area contributed by atoms with Crippen LogP contribution in [0.1, 0.15) is 27.2 Å². The Hall–Kier alpha value is -0.708.